The van der Waals surface area contributed by atoms with E-state index in [4.69, 9.17) is 15.1 Å². The molecule has 0 bridgehead atoms. The number of hydrogen-bond acceptors (Lipinski definition) is 13. The first kappa shape index (κ1) is 36.9. The van der Waals surface area contributed by atoms with Crippen LogP contribution in [-0.4, -0.2) is 135 Å². The van der Waals surface area contributed by atoms with E-state index in [9.17, 15) is 38.1 Å². The molecule has 19 nitrogen and oxygen atoms in total. The first-order valence-corrected chi connectivity index (χ1v) is 18.9. The smallest absolute Gasteiger partial charge is 0.327 e. The van der Waals surface area contributed by atoms with Crippen LogP contribution in [0.2, 0.25) is 0 Å². The van der Waals surface area contributed by atoms with Gasteiger partial charge in [0, 0.05) is 31.9 Å². The third-order valence-electron chi connectivity index (χ3n) is 10.0. The molecule has 54 heavy (non-hydrogen) atoms. The number of urea groups is 2. The highest BCUT2D eigenvalue weighted by molar-refractivity contribution is 7.89. The molecule has 1 saturated carbocycles. The fraction of sp³-hybridized carbons (Fsp3) is 0.412. The van der Waals surface area contributed by atoms with Crippen LogP contribution in [0.25, 0.3) is 11.2 Å². The number of nitrogens with zero attached hydrogens (tertiary/aromatic N) is 7. The number of rotatable bonds is 11. The number of aromatic nitrogens is 4. The Morgan fingerprint density at radius 3 is 2.52 bits per heavy atom. The molecule has 286 valence electrons. The van der Waals surface area contributed by atoms with Crippen molar-refractivity contribution in [3.63, 3.8) is 0 Å². The number of aliphatic hydroxyl groups excluding tert-OH is 3. The van der Waals surface area contributed by atoms with E-state index < -0.39 is 58.3 Å². The van der Waals surface area contributed by atoms with Crippen LogP contribution in [0, 0.1) is 0 Å². The number of carbonyl (C=O) groups excluding carboxylic acids is 3. The van der Waals surface area contributed by atoms with Gasteiger partial charge < -0.3 is 45.6 Å². The van der Waals surface area contributed by atoms with E-state index in [0.717, 1.165) is 10.5 Å². The van der Waals surface area contributed by atoms with Crippen molar-refractivity contribution >= 4 is 56.6 Å². The van der Waals surface area contributed by atoms with Gasteiger partial charge in [0.2, 0.25) is 16.0 Å². The van der Waals surface area contributed by atoms with Gasteiger partial charge in [0.05, 0.1) is 36.0 Å². The highest BCUT2D eigenvalue weighted by Crippen LogP contribution is 2.38. The van der Waals surface area contributed by atoms with Crippen molar-refractivity contribution in [3.05, 3.63) is 66.5 Å². The summed E-state index contributed by atoms with van der Waals surface area (Å²) in [6, 6.07) is 11.5. The molecule has 1 unspecified atom stereocenters. The van der Waals surface area contributed by atoms with Gasteiger partial charge in [-0.3, -0.25) is 9.69 Å². The third-order valence-corrected chi connectivity index (χ3v) is 10.9. The van der Waals surface area contributed by atoms with Gasteiger partial charge in [0.25, 0.3) is 5.91 Å². The SMILES string of the molecule is CN1CC(=O)N([C@H]2C[C@@H](n3cnc4c(N[C@H](CO)Cc5ccccc5)nc(N5CCC(NC(=O)Nc6cccc(S(N)(=O)=O)c6)C5)nc43)[C@H](O)[C@@H]2O)C1=O. The predicted molar refractivity (Wildman–Crippen MR) is 195 cm³/mol. The highest BCUT2D eigenvalue weighted by atomic mass is 32.2. The van der Waals surface area contributed by atoms with Gasteiger partial charge in [-0.15, -0.1) is 0 Å². The Labute approximate surface area is 309 Å². The number of fused-ring (bicyclic) bond motifs is 1. The molecule has 2 saturated heterocycles. The number of nitrogens with one attached hydrogen (secondary N) is 3. The topological polar surface area (TPSA) is 261 Å². The molecule has 20 heteroatoms. The molecule has 0 spiro atoms. The summed E-state index contributed by atoms with van der Waals surface area (Å²) in [5.74, 6) is 0.107. The van der Waals surface area contributed by atoms with Crippen molar-refractivity contribution < 1.29 is 38.1 Å². The minimum Gasteiger partial charge on any atom is -0.394 e. The minimum atomic E-state index is -3.96. The lowest BCUT2D eigenvalue weighted by molar-refractivity contribution is -0.128. The number of imidazole rings is 1. The third kappa shape index (κ3) is 7.37. The summed E-state index contributed by atoms with van der Waals surface area (Å²) >= 11 is 0. The average Bonchev–Trinajstić information content (AvgIpc) is 3.90. The van der Waals surface area contributed by atoms with Crippen LogP contribution >= 0.6 is 0 Å². The van der Waals surface area contributed by atoms with Crippen LogP contribution in [-0.2, 0) is 21.2 Å². The molecule has 3 fully saturated rings. The second kappa shape index (κ2) is 14.8. The summed E-state index contributed by atoms with van der Waals surface area (Å²) in [7, 11) is -2.47. The van der Waals surface area contributed by atoms with Crippen LogP contribution in [0.15, 0.2) is 65.8 Å². The van der Waals surface area contributed by atoms with Gasteiger partial charge in [0.1, 0.15) is 18.8 Å². The summed E-state index contributed by atoms with van der Waals surface area (Å²) in [6.07, 6.45) is -0.310. The Morgan fingerprint density at radius 1 is 1.06 bits per heavy atom. The molecular formula is C34H41N11O8S. The maximum Gasteiger partial charge on any atom is 0.327 e. The van der Waals surface area contributed by atoms with Crippen molar-refractivity contribution in [2.75, 3.05) is 48.8 Å². The molecule has 5 amide bonds. The number of primary sulfonamides is 1. The summed E-state index contributed by atoms with van der Waals surface area (Å²) in [5, 5.41) is 46.8. The fourth-order valence-corrected chi connectivity index (χ4v) is 7.85. The number of likely N-dealkylation sites (N-methyl/N-ethyl adjacent to an activating group) is 1. The van der Waals surface area contributed by atoms with E-state index in [1.807, 2.05) is 35.2 Å². The van der Waals surface area contributed by atoms with Crippen molar-refractivity contribution in [2.24, 2.45) is 5.14 Å². The normalized spacial score (nSPS) is 23.7. The first-order chi connectivity index (χ1) is 25.8. The second-order valence-electron chi connectivity index (χ2n) is 13.8. The Hall–Kier alpha value is -5.41. The summed E-state index contributed by atoms with van der Waals surface area (Å²) in [4.78, 5) is 56.6. The zero-order chi connectivity index (χ0) is 38.3. The Morgan fingerprint density at radius 2 is 1.81 bits per heavy atom. The molecule has 1 aliphatic carbocycles. The lowest BCUT2D eigenvalue weighted by Gasteiger charge is -2.24. The Bertz CT molecular complexity index is 2170. The molecule has 6 atom stereocenters. The van der Waals surface area contributed by atoms with Gasteiger partial charge in [-0.25, -0.2) is 28.1 Å². The van der Waals surface area contributed by atoms with E-state index >= 15 is 0 Å². The first-order valence-electron chi connectivity index (χ1n) is 17.3. The molecular weight excluding hydrogens is 723 g/mol. The molecule has 2 aliphatic heterocycles. The number of amides is 5. The largest absolute Gasteiger partial charge is 0.394 e. The van der Waals surface area contributed by atoms with Gasteiger partial charge in [-0.2, -0.15) is 9.97 Å². The van der Waals surface area contributed by atoms with Crippen LogP contribution in [0.3, 0.4) is 0 Å². The number of imide groups is 1. The van der Waals surface area contributed by atoms with Gasteiger partial charge in [0.15, 0.2) is 17.0 Å². The highest BCUT2D eigenvalue weighted by Gasteiger charge is 2.51. The zero-order valence-corrected chi connectivity index (χ0v) is 30.0. The van der Waals surface area contributed by atoms with Crippen molar-refractivity contribution in [2.45, 2.75) is 60.5 Å². The maximum absolute atomic E-state index is 12.9. The zero-order valence-electron chi connectivity index (χ0n) is 29.2. The number of nitrogens with two attached hydrogens (primary N) is 1. The van der Waals surface area contributed by atoms with Crippen molar-refractivity contribution in [1.82, 2.24) is 34.6 Å². The monoisotopic (exact) mass is 763 g/mol. The number of benzene rings is 2. The number of aliphatic hydroxyl groups is 3. The summed E-state index contributed by atoms with van der Waals surface area (Å²) in [6.45, 7) is 0.383. The second-order valence-corrected chi connectivity index (χ2v) is 15.3. The fourth-order valence-electron chi connectivity index (χ4n) is 7.29. The average molecular weight is 764 g/mol. The lowest BCUT2D eigenvalue weighted by Crippen LogP contribution is -2.47. The Balaban J connectivity index is 1.16. The van der Waals surface area contributed by atoms with Crippen LogP contribution in [0.4, 0.5) is 27.0 Å². The molecule has 2 aromatic heterocycles. The van der Waals surface area contributed by atoms with E-state index in [0.29, 0.717) is 42.9 Å². The summed E-state index contributed by atoms with van der Waals surface area (Å²) in [5.41, 5.74) is 1.86. The molecule has 2 aromatic carbocycles. The predicted octanol–water partition coefficient (Wildman–Crippen LogP) is -0.181. The van der Waals surface area contributed by atoms with E-state index in [2.05, 4.69) is 20.9 Å². The quantitative estimate of drug-likeness (QED) is 0.0980. The molecule has 7 rings (SSSR count). The maximum atomic E-state index is 12.9. The van der Waals surface area contributed by atoms with E-state index in [1.165, 1.54) is 42.5 Å². The molecule has 4 aromatic rings. The molecule has 0 radical (unpaired) electrons. The van der Waals surface area contributed by atoms with Gasteiger partial charge in [-0.1, -0.05) is 36.4 Å². The molecule has 8 N–H and O–H groups in total. The van der Waals surface area contributed by atoms with Crippen molar-refractivity contribution in [3.8, 4) is 0 Å². The van der Waals surface area contributed by atoms with Gasteiger partial charge in [-0.05, 0) is 43.0 Å². The Kier molecular flexibility index (Phi) is 10.1. The van der Waals surface area contributed by atoms with E-state index in [-0.39, 0.29) is 42.1 Å². The van der Waals surface area contributed by atoms with Crippen LogP contribution in [0.1, 0.15) is 24.4 Å². The number of hydrogen-bond donors (Lipinski definition) is 7. The molecule has 4 heterocycles. The summed E-state index contributed by atoms with van der Waals surface area (Å²) < 4.78 is 25.1. The minimum absolute atomic E-state index is 0.0411. The standard InChI is InChI=1S/C34H41N11O8S/c1-42-16-26(47)45(34(42)51)25-14-24(28(48)29(25)49)44-18-36-27-30(37-22(17-46)12-19-6-3-2-4-7-19)40-32(41-31(27)44)43-11-10-21(15-43)39-33(50)38-20-8-5-9-23(13-20)54(35,52)53/h2-9,13,18,21-22,24-25,28-29,46,48-49H,10-12,14-17H2,1H3,(H2,35,52,53)(H,37,40,41)(H2,38,39,50)/t21?,22-,24+,25-,28-,29+/m0/s1. The number of carbonyl (C=O) groups is 3. The van der Waals surface area contributed by atoms with Crippen LogP contribution < -0.4 is 26.0 Å². The van der Waals surface area contributed by atoms with Crippen molar-refractivity contribution in [1.29, 1.82) is 0 Å². The molecule has 3 aliphatic rings. The lowest BCUT2D eigenvalue weighted by atomic mass is 10.1. The number of sulfonamides is 1. The van der Waals surface area contributed by atoms with Gasteiger partial charge >= 0.3 is 12.1 Å². The van der Waals surface area contributed by atoms with E-state index in [1.54, 1.807) is 4.57 Å². The van der Waals surface area contributed by atoms with Crippen LogP contribution in [0.5, 0.6) is 0 Å². The number of anilines is 3.